The average Bonchev–Trinajstić information content (AvgIpc) is 2.61. The number of hydrogen-bond acceptors (Lipinski definition) is 4. The van der Waals surface area contributed by atoms with Crippen LogP contribution in [0, 0.1) is 0 Å². The zero-order valence-corrected chi connectivity index (χ0v) is 15.0. The van der Waals surface area contributed by atoms with Gasteiger partial charge >= 0.3 is 6.18 Å². The van der Waals surface area contributed by atoms with E-state index in [1.165, 1.54) is 7.11 Å². The molecule has 1 aliphatic carbocycles. The van der Waals surface area contributed by atoms with Crippen LogP contribution < -0.4 is 4.74 Å². The van der Waals surface area contributed by atoms with Gasteiger partial charge in [-0.15, -0.1) is 0 Å². The van der Waals surface area contributed by atoms with Crippen LogP contribution in [-0.4, -0.2) is 23.7 Å². The molecule has 1 fully saturated rings. The highest BCUT2D eigenvalue weighted by molar-refractivity contribution is 6.31. The number of Topliss-reactive ketones (excluding diaryl/α,β-unsaturated/α-hetero) is 2. The zero-order valence-electron chi connectivity index (χ0n) is 14.2. The van der Waals surface area contributed by atoms with Gasteiger partial charge in [0.25, 0.3) is 0 Å². The quantitative estimate of drug-likeness (QED) is 0.712. The number of alkyl halides is 3. The monoisotopic (exact) mass is 397 g/mol. The summed E-state index contributed by atoms with van der Waals surface area (Å²) in [6.45, 7) is 0. The van der Waals surface area contributed by atoms with Gasteiger partial charge < -0.3 is 4.74 Å². The fourth-order valence-corrected chi connectivity index (χ4v) is 3.58. The van der Waals surface area contributed by atoms with Gasteiger partial charge in [-0.25, -0.2) is 0 Å². The van der Waals surface area contributed by atoms with E-state index in [4.69, 9.17) is 16.3 Å². The fraction of sp³-hybridized carbons (Fsp3) is 0.316. The Morgan fingerprint density at radius 1 is 1.19 bits per heavy atom. The van der Waals surface area contributed by atoms with Crippen molar-refractivity contribution >= 4 is 23.2 Å². The zero-order chi connectivity index (χ0) is 19.8. The number of ether oxygens (including phenoxy) is 1. The Balaban J connectivity index is 2.04. The summed E-state index contributed by atoms with van der Waals surface area (Å²) in [5.41, 5.74) is -0.237. The summed E-state index contributed by atoms with van der Waals surface area (Å²) in [6.07, 6.45) is -4.12. The molecule has 1 saturated carbocycles. The Kier molecular flexibility index (Phi) is 5.24. The second kappa shape index (κ2) is 7.31. The van der Waals surface area contributed by atoms with E-state index in [1.54, 1.807) is 24.3 Å². The van der Waals surface area contributed by atoms with Crippen LogP contribution in [0.3, 0.4) is 0 Å². The van der Waals surface area contributed by atoms with Gasteiger partial charge in [-0.3, -0.25) is 14.6 Å². The number of hydrogen-bond donors (Lipinski definition) is 0. The molecule has 0 amide bonds. The molecule has 2 atom stereocenters. The maximum Gasteiger partial charge on any atom is 0.417 e. The third-order valence-electron chi connectivity index (χ3n) is 4.60. The third-order valence-corrected chi connectivity index (χ3v) is 4.91. The van der Waals surface area contributed by atoms with Crippen LogP contribution >= 0.6 is 11.6 Å². The minimum atomic E-state index is -4.59. The number of nitrogens with zero attached hydrogens (tertiary/aromatic N) is 1. The Morgan fingerprint density at radius 2 is 1.85 bits per heavy atom. The normalized spacial score (nSPS) is 20.6. The van der Waals surface area contributed by atoms with Gasteiger partial charge in [-0.1, -0.05) is 23.7 Å². The minimum Gasteiger partial charge on any atom is -0.497 e. The van der Waals surface area contributed by atoms with E-state index in [-0.39, 0.29) is 29.3 Å². The van der Waals surface area contributed by atoms with E-state index < -0.39 is 29.4 Å². The van der Waals surface area contributed by atoms with Crippen LogP contribution in [0.5, 0.6) is 5.75 Å². The number of methoxy groups -OCH3 is 1. The molecular formula is C19H15ClF3NO3. The molecule has 1 heterocycles. The Morgan fingerprint density at radius 3 is 2.41 bits per heavy atom. The lowest BCUT2D eigenvalue weighted by Gasteiger charge is -2.30. The molecule has 27 heavy (non-hydrogen) atoms. The van der Waals surface area contributed by atoms with E-state index in [0.717, 1.165) is 6.07 Å². The summed E-state index contributed by atoms with van der Waals surface area (Å²) >= 11 is 6.05. The number of aromatic nitrogens is 1. The summed E-state index contributed by atoms with van der Waals surface area (Å²) < 4.78 is 43.7. The van der Waals surface area contributed by atoms with Crippen LogP contribution in [-0.2, 0) is 15.8 Å². The van der Waals surface area contributed by atoms with Gasteiger partial charge in [0.15, 0.2) is 0 Å². The maximum absolute atomic E-state index is 12.9. The predicted molar refractivity (Wildman–Crippen MR) is 92.0 cm³/mol. The van der Waals surface area contributed by atoms with Gasteiger partial charge in [0.1, 0.15) is 17.3 Å². The van der Waals surface area contributed by atoms with E-state index >= 15 is 0 Å². The number of carbonyl (C=O) groups is 2. The molecule has 1 aliphatic rings. The SMILES string of the molecule is COc1ccc([C@H]2CC(=O)CC(=O)[C@H]2c2ncc(C(F)(F)F)cc2Cl)cc1. The van der Waals surface area contributed by atoms with Gasteiger partial charge in [-0.05, 0) is 23.8 Å². The smallest absolute Gasteiger partial charge is 0.417 e. The largest absolute Gasteiger partial charge is 0.497 e. The van der Waals surface area contributed by atoms with Crippen molar-refractivity contribution in [1.82, 2.24) is 4.98 Å². The molecule has 8 heteroatoms. The second-order valence-electron chi connectivity index (χ2n) is 6.33. The number of pyridine rings is 1. The summed E-state index contributed by atoms with van der Waals surface area (Å²) in [7, 11) is 1.51. The first-order valence-electron chi connectivity index (χ1n) is 8.11. The number of halogens is 4. The molecule has 4 nitrogen and oxygen atoms in total. The number of rotatable bonds is 3. The highest BCUT2D eigenvalue weighted by Crippen LogP contribution is 2.43. The molecular weight excluding hydrogens is 383 g/mol. The highest BCUT2D eigenvalue weighted by atomic mass is 35.5. The second-order valence-corrected chi connectivity index (χ2v) is 6.74. The van der Waals surface area contributed by atoms with Crippen LogP contribution in [0.25, 0.3) is 0 Å². The lowest BCUT2D eigenvalue weighted by molar-refractivity contribution is -0.137. The van der Waals surface area contributed by atoms with Gasteiger partial charge in [0.05, 0.1) is 35.7 Å². The van der Waals surface area contributed by atoms with Crippen molar-refractivity contribution in [1.29, 1.82) is 0 Å². The molecule has 2 aromatic rings. The van der Waals surface area contributed by atoms with Crippen molar-refractivity contribution in [3.8, 4) is 5.75 Å². The van der Waals surface area contributed by atoms with Crippen molar-refractivity contribution in [2.45, 2.75) is 30.9 Å². The standard InChI is InChI=1S/C19H15ClF3NO3/c1-27-13-4-2-10(3-5-13)14-7-12(25)8-16(26)17(14)18-15(20)6-11(9-24-18)19(21,22)23/h2-6,9,14,17H,7-8H2,1H3/t14-,17+/m1/s1. The first-order chi connectivity index (χ1) is 12.7. The topological polar surface area (TPSA) is 56.3 Å². The van der Waals surface area contributed by atoms with E-state index in [2.05, 4.69) is 4.98 Å². The molecule has 142 valence electrons. The van der Waals surface area contributed by atoms with Crippen molar-refractivity contribution < 1.29 is 27.5 Å². The lowest BCUT2D eigenvalue weighted by atomic mass is 9.72. The molecule has 0 N–H and O–H groups in total. The molecule has 0 radical (unpaired) electrons. The summed E-state index contributed by atoms with van der Waals surface area (Å²) in [5, 5.41) is -0.240. The number of carbonyl (C=O) groups excluding carboxylic acids is 2. The minimum absolute atomic E-state index is 0.0583. The van der Waals surface area contributed by atoms with Gasteiger partial charge in [-0.2, -0.15) is 13.2 Å². The maximum atomic E-state index is 12.9. The van der Waals surface area contributed by atoms with Gasteiger partial charge in [0.2, 0.25) is 0 Å². The first kappa shape index (κ1) is 19.4. The number of ketones is 2. The molecule has 0 unspecified atom stereocenters. The molecule has 3 rings (SSSR count). The fourth-order valence-electron chi connectivity index (χ4n) is 3.30. The van der Waals surface area contributed by atoms with Gasteiger partial charge in [0, 0.05) is 18.5 Å². The van der Waals surface area contributed by atoms with Crippen molar-refractivity contribution in [3.63, 3.8) is 0 Å². The highest BCUT2D eigenvalue weighted by Gasteiger charge is 2.40. The molecule has 0 aliphatic heterocycles. The molecule has 1 aromatic heterocycles. The first-order valence-corrected chi connectivity index (χ1v) is 8.49. The summed E-state index contributed by atoms with van der Waals surface area (Å²) in [6, 6.07) is 7.59. The van der Waals surface area contributed by atoms with Crippen LogP contribution in [0.15, 0.2) is 36.5 Å². The van der Waals surface area contributed by atoms with E-state index in [9.17, 15) is 22.8 Å². The van der Waals surface area contributed by atoms with E-state index in [1.807, 2.05) is 0 Å². The molecule has 0 saturated heterocycles. The summed E-state index contributed by atoms with van der Waals surface area (Å²) in [4.78, 5) is 28.4. The third kappa shape index (κ3) is 3.98. The summed E-state index contributed by atoms with van der Waals surface area (Å²) in [5.74, 6) is -1.45. The van der Waals surface area contributed by atoms with E-state index in [0.29, 0.717) is 17.5 Å². The Hall–Kier alpha value is -2.41. The lowest BCUT2D eigenvalue weighted by Crippen LogP contribution is -2.31. The van der Waals surface area contributed by atoms with Crippen molar-refractivity contribution in [2.24, 2.45) is 0 Å². The van der Waals surface area contributed by atoms with Crippen molar-refractivity contribution in [3.05, 3.63) is 58.4 Å². The number of benzene rings is 1. The molecule has 0 spiro atoms. The molecule has 1 aromatic carbocycles. The van der Waals surface area contributed by atoms with Crippen LogP contribution in [0.4, 0.5) is 13.2 Å². The predicted octanol–water partition coefficient (Wildman–Crippen LogP) is 4.56. The average molecular weight is 398 g/mol. The van der Waals surface area contributed by atoms with Crippen LogP contribution in [0.1, 0.15) is 41.5 Å². The Bertz CT molecular complexity index is 881. The Labute approximate surface area is 158 Å². The van der Waals surface area contributed by atoms with Crippen molar-refractivity contribution in [2.75, 3.05) is 7.11 Å². The molecule has 0 bridgehead atoms. The van der Waals surface area contributed by atoms with Crippen LogP contribution in [0.2, 0.25) is 5.02 Å².